The van der Waals surface area contributed by atoms with Crippen LogP contribution < -0.4 is 5.32 Å². The topological polar surface area (TPSA) is 124 Å². The van der Waals surface area contributed by atoms with Gasteiger partial charge in [0.2, 0.25) is 0 Å². The molecular formula is C18H17ClFN5O3. The lowest BCUT2D eigenvalue weighted by molar-refractivity contribution is -0.162. The third-order valence-electron chi connectivity index (χ3n) is 4.95. The zero-order valence-corrected chi connectivity index (χ0v) is 15.4. The van der Waals surface area contributed by atoms with Crippen molar-refractivity contribution in [2.45, 2.75) is 37.3 Å². The van der Waals surface area contributed by atoms with E-state index >= 15 is 0 Å². The number of carboxylic acid groups (broad SMARTS) is 1. The van der Waals surface area contributed by atoms with Crippen molar-refractivity contribution in [3.8, 4) is 11.4 Å². The van der Waals surface area contributed by atoms with E-state index in [1.54, 1.807) is 12.3 Å². The van der Waals surface area contributed by atoms with Crippen LogP contribution in [0.2, 0.25) is 5.02 Å². The lowest BCUT2D eigenvalue weighted by Gasteiger charge is -2.34. The van der Waals surface area contributed by atoms with Gasteiger partial charge < -0.3 is 20.5 Å². The third-order valence-corrected chi connectivity index (χ3v) is 5.16. The number of pyridine rings is 1. The molecule has 1 saturated carbocycles. The third kappa shape index (κ3) is 3.38. The fraction of sp³-hybridized carbons (Fsp3) is 0.333. The average molecular weight is 406 g/mol. The Bertz CT molecular complexity index is 1060. The van der Waals surface area contributed by atoms with Crippen LogP contribution in [0.1, 0.15) is 25.7 Å². The molecule has 0 bridgehead atoms. The number of aromatic nitrogens is 4. The summed E-state index contributed by atoms with van der Waals surface area (Å²) in [4.78, 5) is 26.8. The van der Waals surface area contributed by atoms with Crippen molar-refractivity contribution < 1.29 is 19.4 Å². The van der Waals surface area contributed by atoms with E-state index in [9.17, 15) is 19.4 Å². The fourth-order valence-corrected chi connectivity index (χ4v) is 3.68. The van der Waals surface area contributed by atoms with Crippen LogP contribution in [0.25, 0.3) is 22.4 Å². The van der Waals surface area contributed by atoms with Crippen molar-refractivity contribution in [2.75, 3.05) is 5.32 Å². The Morgan fingerprint density at radius 3 is 3.00 bits per heavy atom. The second-order valence-corrected chi connectivity index (χ2v) is 7.35. The number of fused-ring (bicyclic) bond motifs is 1. The molecule has 3 aromatic heterocycles. The highest BCUT2D eigenvalue weighted by Crippen LogP contribution is 2.32. The van der Waals surface area contributed by atoms with Crippen LogP contribution in [-0.4, -0.2) is 47.8 Å². The van der Waals surface area contributed by atoms with Gasteiger partial charge >= 0.3 is 5.97 Å². The number of rotatable bonds is 4. The summed E-state index contributed by atoms with van der Waals surface area (Å²) in [6.07, 6.45) is 5.46. The second kappa shape index (κ2) is 6.99. The van der Waals surface area contributed by atoms with E-state index in [0.29, 0.717) is 34.5 Å². The molecule has 1 fully saturated rings. The molecule has 0 saturated heterocycles. The first-order valence-corrected chi connectivity index (χ1v) is 9.11. The van der Waals surface area contributed by atoms with Crippen LogP contribution in [0.3, 0.4) is 0 Å². The quantitative estimate of drug-likeness (QED) is 0.526. The Morgan fingerprint density at radius 1 is 1.39 bits per heavy atom. The summed E-state index contributed by atoms with van der Waals surface area (Å²) in [7, 11) is 0. The smallest absolute Gasteiger partial charge is 0.335 e. The van der Waals surface area contributed by atoms with Gasteiger partial charge in [0.25, 0.3) is 0 Å². The molecule has 0 amide bonds. The number of H-pyrrole nitrogens is 1. The van der Waals surface area contributed by atoms with Gasteiger partial charge in [-0.1, -0.05) is 11.6 Å². The van der Waals surface area contributed by atoms with Gasteiger partial charge in [-0.15, -0.1) is 0 Å². The molecule has 2 unspecified atom stereocenters. The van der Waals surface area contributed by atoms with Gasteiger partial charge in [-0.2, -0.15) is 0 Å². The molecule has 1 aliphatic carbocycles. The summed E-state index contributed by atoms with van der Waals surface area (Å²) in [5.74, 6) is -1.72. The Balaban J connectivity index is 1.64. The summed E-state index contributed by atoms with van der Waals surface area (Å²) in [6.45, 7) is 0. The van der Waals surface area contributed by atoms with Crippen molar-refractivity contribution in [3.63, 3.8) is 0 Å². The number of aromatic amines is 1. The van der Waals surface area contributed by atoms with Gasteiger partial charge in [0.15, 0.2) is 23.1 Å². The second-order valence-electron chi connectivity index (χ2n) is 6.92. The Kier molecular flexibility index (Phi) is 4.64. The molecule has 3 heterocycles. The molecule has 0 radical (unpaired) electrons. The van der Waals surface area contributed by atoms with E-state index in [4.69, 9.17) is 11.6 Å². The van der Waals surface area contributed by atoms with Crippen molar-refractivity contribution >= 4 is 34.4 Å². The molecule has 0 aliphatic heterocycles. The molecule has 4 N–H and O–H groups in total. The molecule has 1 aliphatic rings. The van der Waals surface area contributed by atoms with Crippen molar-refractivity contribution in [3.05, 3.63) is 35.5 Å². The van der Waals surface area contributed by atoms with Gasteiger partial charge in [0, 0.05) is 35.8 Å². The number of anilines is 1. The first kappa shape index (κ1) is 18.6. The van der Waals surface area contributed by atoms with E-state index in [0.717, 1.165) is 6.20 Å². The average Bonchev–Trinajstić information content (AvgIpc) is 3.06. The van der Waals surface area contributed by atoms with E-state index < -0.39 is 23.4 Å². The molecule has 0 aromatic carbocycles. The van der Waals surface area contributed by atoms with Crippen molar-refractivity contribution in [2.24, 2.45) is 0 Å². The molecule has 28 heavy (non-hydrogen) atoms. The predicted octanol–water partition coefficient (Wildman–Crippen LogP) is 2.98. The summed E-state index contributed by atoms with van der Waals surface area (Å²) < 4.78 is 14.3. The summed E-state index contributed by atoms with van der Waals surface area (Å²) in [6, 6.07) is 1.29. The monoisotopic (exact) mass is 405 g/mol. The highest BCUT2D eigenvalue weighted by molar-refractivity contribution is 6.31. The number of hydrogen-bond donors (Lipinski definition) is 4. The van der Waals surface area contributed by atoms with Crippen LogP contribution >= 0.6 is 11.6 Å². The molecule has 146 valence electrons. The van der Waals surface area contributed by atoms with Gasteiger partial charge in [0.05, 0.1) is 11.2 Å². The van der Waals surface area contributed by atoms with Gasteiger partial charge in [-0.05, 0) is 25.3 Å². The zero-order chi connectivity index (χ0) is 19.9. The summed E-state index contributed by atoms with van der Waals surface area (Å²) in [5.41, 5.74) is -0.610. The molecule has 0 spiro atoms. The summed E-state index contributed by atoms with van der Waals surface area (Å²) >= 11 is 6.01. The minimum Gasteiger partial charge on any atom is -0.479 e. The minimum absolute atomic E-state index is 0.0340. The molecule has 10 heteroatoms. The van der Waals surface area contributed by atoms with E-state index in [-0.39, 0.29) is 24.5 Å². The predicted molar refractivity (Wildman–Crippen MR) is 101 cm³/mol. The number of aliphatic hydroxyl groups is 1. The SMILES string of the molecule is O=C(O)C1(O)CCCC(Nc2nc(-c3c[nH]c4ncc(Cl)cc34)ncc2F)C1. The minimum atomic E-state index is -1.82. The van der Waals surface area contributed by atoms with Crippen LogP contribution in [0, 0.1) is 5.82 Å². The number of carbonyl (C=O) groups is 1. The Hall–Kier alpha value is -2.78. The molecule has 2 atom stereocenters. The number of nitrogens with zero attached hydrogens (tertiary/aromatic N) is 3. The number of aliphatic carboxylic acids is 1. The summed E-state index contributed by atoms with van der Waals surface area (Å²) in [5, 5.41) is 23.5. The standard InChI is InChI=1S/C18H17ClFN5O3/c19-9-4-11-12(7-22-14(11)21-6-9)15-23-8-13(20)16(25-15)24-10-2-1-3-18(28,5-10)17(26)27/h4,6-8,10,28H,1-3,5H2,(H,21,22)(H,26,27)(H,23,24,25). The highest BCUT2D eigenvalue weighted by Gasteiger charge is 2.41. The van der Waals surface area contributed by atoms with Crippen LogP contribution in [-0.2, 0) is 4.79 Å². The Morgan fingerprint density at radius 2 is 2.21 bits per heavy atom. The van der Waals surface area contributed by atoms with E-state index in [2.05, 4.69) is 25.3 Å². The van der Waals surface area contributed by atoms with Crippen molar-refractivity contribution in [1.29, 1.82) is 0 Å². The van der Waals surface area contributed by atoms with E-state index in [1.807, 2.05) is 0 Å². The van der Waals surface area contributed by atoms with Gasteiger partial charge in [-0.25, -0.2) is 24.1 Å². The molecule has 3 aromatic rings. The van der Waals surface area contributed by atoms with Gasteiger partial charge in [0.1, 0.15) is 5.65 Å². The number of nitrogens with one attached hydrogen (secondary N) is 2. The van der Waals surface area contributed by atoms with E-state index in [1.165, 1.54) is 6.20 Å². The van der Waals surface area contributed by atoms with Crippen molar-refractivity contribution in [1.82, 2.24) is 19.9 Å². The van der Waals surface area contributed by atoms with Gasteiger partial charge in [-0.3, -0.25) is 0 Å². The Labute approximate surface area is 163 Å². The maximum atomic E-state index is 14.3. The largest absolute Gasteiger partial charge is 0.479 e. The normalized spacial score (nSPS) is 22.3. The first-order chi connectivity index (χ1) is 13.4. The molecular weight excluding hydrogens is 389 g/mol. The fourth-order valence-electron chi connectivity index (χ4n) is 3.52. The maximum absolute atomic E-state index is 14.3. The maximum Gasteiger partial charge on any atom is 0.335 e. The van der Waals surface area contributed by atoms with Crippen LogP contribution in [0.4, 0.5) is 10.2 Å². The highest BCUT2D eigenvalue weighted by atomic mass is 35.5. The lowest BCUT2D eigenvalue weighted by atomic mass is 9.82. The first-order valence-electron chi connectivity index (χ1n) is 8.73. The van der Waals surface area contributed by atoms with Crippen LogP contribution in [0.15, 0.2) is 24.7 Å². The van der Waals surface area contributed by atoms with Crippen LogP contribution in [0.5, 0.6) is 0 Å². The zero-order valence-electron chi connectivity index (χ0n) is 14.6. The number of halogens is 2. The number of hydrogen-bond acceptors (Lipinski definition) is 6. The number of carboxylic acids is 1. The lowest BCUT2D eigenvalue weighted by Crippen LogP contribution is -2.46. The molecule has 4 rings (SSSR count). The molecule has 8 nitrogen and oxygen atoms in total.